The Morgan fingerprint density at radius 2 is 2.10 bits per heavy atom. The van der Waals surface area contributed by atoms with Crippen LogP contribution in [0.4, 0.5) is 0 Å². The molecule has 0 saturated carbocycles. The molecule has 0 amide bonds. The molecule has 1 N–H and O–H groups in total. The van der Waals surface area contributed by atoms with E-state index < -0.39 is 0 Å². The number of hydrogen-bond donors (Lipinski definition) is 1. The summed E-state index contributed by atoms with van der Waals surface area (Å²) < 4.78 is 3.10. The van der Waals surface area contributed by atoms with Crippen molar-refractivity contribution in [2.24, 2.45) is 0 Å². The van der Waals surface area contributed by atoms with Gasteiger partial charge in [-0.2, -0.15) is 0 Å². The van der Waals surface area contributed by atoms with Gasteiger partial charge < -0.3 is 4.90 Å². The van der Waals surface area contributed by atoms with Crippen molar-refractivity contribution in [1.29, 1.82) is 0 Å². The van der Waals surface area contributed by atoms with Crippen LogP contribution in [0.25, 0.3) is 0 Å². The molecule has 0 rings (SSSR count). The van der Waals surface area contributed by atoms with Crippen LogP contribution < -0.4 is 3.53 Å². The summed E-state index contributed by atoms with van der Waals surface area (Å²) in [6.07, 6.45) is 2.61. The van der Waals surface area contributed by atoms with Crippen LogP contribution in [0.2, 0.25) is 0 Å². The Labute approximate surface area is 77.9 Å². The fraction of sp³-hybridized carbons (Fsp3) is 1.00. The molecule has 0 radical (unpaired) electrons. The zero-order chi connectivity index (χ0) is 7.82. The van der Waals surface area contributed by atoms with E-state index in [1.165, 1.54) is 19.4 Å². The average Bonchev–Trinajstić information content (AvgIpc) is 1.97. The molecule has 0 atom stereocenters. The summed E-state index contributed by atoms with van der Waals surface area (Å²) in [6, 6.07) is 0. The van der Waals surface area contributed by atoms with Crippen LogP contribution in [-0.2, 0) is 0 Å². The van der Waals surface area contributed by atoms with E-state index in [2.05, 4.69) is 45.3 Å². The smallest absolute Gasteiger partial charge is 0.0178 e. The van der Waals surface area contributed by atoms with Crippen LogP contribution in [0, 0.1) is 0 Å². The SMILES string of the molecule is CCCCN(C)CCNI. The molecule has 3 heteroatoms. The molecule has 62 valence electrons. The highest BCUT2D eigenvalue weighted by Crippen LogP contribution is 1.90. The maximum atomic E-state index is 3.10. The number of rotatable bonds is 6. The summed E-state index contributed by atoms with van der Waals surface area (Å²) in [5.41, 5.74) is 0. The third-order valence-electron chi connectivity index (χ3n) is 1.48. The zero-order valence-corrected chi connectivity index (χ0v) is 9.02. The number of likely N-dealkylation sites (N-methyl/N-ethyl adjacent to an activating group) is 1. The number of unbranched alkanes of at least 4 members (excludes halogenated alkanes) is 1. The highest BCUT2D eigenvalue weighted by Gasteiger charge is 1.94. The molecule has 0 aliphatic carbocycles. The van der Waals surface area contributed by atoms with Gasteiger partial charge in [-0.1, -0.05) is 13.3 Å². The summed E-state index contributed by atoms with van der Waals surface area (Å²) in [7, 11) is 2.17. The first-order valence-electron chi connectivity index (χ1n) is 3.83. The minimum Gasteiger partial charge on any atom is -0.305 e. The third-order valence-corrected chi connectivity index (χ3v) is 2.02. The van der Waals surface area contributed by atoms with E-state index in [1.54, 1.807) is 0 Å². The molecule has 0 unspecified atom stereocenters. The van der Waals surface area contributed by atoms with Crippen molar-refractivity contribution < 1.29 is 0 Å². The molecule has 0 aromatic carbocycles. The lowest BCUT2D eigenvalue weighted by Crippen LogP contribution is -2.26. The Bertz CT molecular complexity index is 60.6. The van der Waals surface area contributed by atoms with Crippen LogP contribution in [0.1, 0.15) is 19.8 Å². The zero-order valence-electron chi connectivity index (χ0n) is 6.86. The standard InChI is InChI=1S/C7H17IN2/c1-3-4-6-10(2)7-5-9-8/h9H,3-7H2,1-2H3. The Morgan fingerprint density at radius 3 is 2.60 bits per heavy atom. The van der Waals surface area contributed by atoms with Gasteiger partial charge >= 0.3 is 0 Å². The quantitative estimate of drug-likeness (QED) is 0.574. The molecule has 0 saturated heterocycles. The third kappa shape index (κ3) is 6.77. The van der Waals surface area contributed by atoms with Crippen molar-refractivity contribution >= 4 is 22.9 Å². The lowest BCUT2D eigenvalue weighted by Gasteiger charge is -2.14. The van der Waals surface area contributed by atoms with Gasteiger partial charge in [0.05, 0.1) is 0 Å². The number of nitrogens with one attached hydrogen (secondary N) is 1. The normalized spacial score (nSPS) is 10.8. The second-order valence-electron chi connectivity index (χ2n) is 2.54. The Balaban J connectivity index is 3.00. The summed E-state index contributed by atoms with van der Waals surface area (Å²) in [6.45, 7) is 5.70. The van der Waals surface area contributed by atoms with Crippen molar-refractivity contribution in [3.63, 3.8) is 0 Å². The van der Waals surface area contributed by atoms with Gasteiger partial charge in [0.2, 0.25) is 0 Å². The van der Waals surface area contributed by atoms with E-state index in [1.807, 2.05) is 0 Å². The lowest BCUT2D eigenvalue weighted by atomic mass is 10.3. The molecule has 10 heavy (non-hydrogen) atoms. The second kappa shape index (κ2) is 7.75. The molecule has 0 aliphatic rings. The average molecular weight is 256 g/mol. The molecule has 0 aromatic heterocycles. The lowest BCUT2D eigenvalue weighted by molar-refractivity contribution is 0.335. The molecular weight excluding hydrogens is 239 g/mol. The van der Waals surface area contributed by atoms with Crippen LogP contribution in [-0.4, -0.2) is 31.6 Å². The molecular formula is C7H17IN2. The number of nitrogens with zero attached hydrogens (tertiary/aromatic N) is 1. The maximum absolute atomic E-state index is 3.10. The summed E-state index contributed by atoms with van der Waals surface area (Å²) in [5, 5.41) is 0. The Kier molecular flexibility index (Phi) is 8.26. The van der Waals surface area contributed by atoms with Gasteiger partial charge in [-0.25, -0.2) is 0 Å². The van der Waals surface area contributed by atoms with Crippen molar-refractivity contribution in [2.75, 3.05) is 26.7 Å². The van der Waals surface area contributed by atoms with Gasteiger partial charge in [-0.15, -0.1) is 0 Å². The predicted octanol–water partition coefficient (Wildman–Crippen LogP) is 1.66. The summed E-state index contributed by atoms with van der Waals surface area (Å²) >= 11 is 2.18. The monoisotopic (exact) mass is 256 g/mol. The minimum absolute atomic E-state index is 1.08. The van der Waals surface area contributed by atoms with Crippen molar-refractivity contribution in [3.8, 4) is 0 Å². The topological polar surface area (TPSA) is 15.3 Å². The molecule has 0 aliphatic heterocycles. The molecule has 0 bridgehead atoms. The second-order valence-corrected chi connectivity index (χ2v) is 3.30. The fourth-order valence-corrected chi connectivity index (χ4v) is 1.01. The van der Waals surface area contributed by atoms with E-state index in [0.717, 1.165) is 13.1 Å². The van der Waals surface area contributed by atoms with Crippen molar-refractivity contribution in [1.82, 2.24) is 8.43 Å². The molecule has 0 spiro atoms. The molecule has 0 heterocycles. The van der Waals surface area contributed by atoms with Crippen molar-refractivity contribution in [3.05, 3.63) is 0 Å². The highest BCUT2D eigenvalue weighted by atomic mass is 127. The van der Waals surface area contributed by atoms with Gasteiger partial charge in [0, 0.05) is 36.0 Å². The van der Waals surface area contributed by atoms with Crippen molar-refractivity contribution in [2.45, 2.75) is 19.8 Å². The molecule has 2 nitrogen and oxygen atoms in total. The van der Waals surface area contributed by atoms with Gasteiger partial charge in [-0.05, 0) is 20.0 Å². The summed E-state index contributed by atoms with van der Waals surface area (Å²) in [5.74, 6) is 0. The fourth-order valence-electron chi connectivity index (χ4n) is 0.773. The summed E-state index contributed by atoms with van der Waals surface area (Å²) in [4.78, 5) is 2.36. The predicted molar refractivity (Wildman–Crippen MR) is 54.4 cm³/mol. The Hall–Kier alpha value is 0.650. The van der Waals surface area contributed by atoms with Crippen LogP contribution in [0.5, 0.6) is 0 Å². The van der Waals surface area contributed by atoms with E-state index in [9.17, 15) is 0 Å². The van der Waals surface area contributed by atoms with Gasteiger partial charge in [0.25, 0.3) is 0 Å². The van der Waals surface area contributed by atoms with Crippen LogP contribution in [0.3, 0.4) is 0 Å². The van der Waals surface area contributed by atoms with Crippen LogP contribution in [0.15, 0.2) is 0 Å². The maximum Gasteiger partial charge on any atom is 0.0178 e. The first-order valence-corrected chi connectivity index (χ1v) is 4.91. The number of hydrogen-bond acceptors (Lipinski definition) is 2. The first kappa shape index (κ1) is 10.7. The largest absolute Gasteiger partial charge is 0.305 e. The van der Waals surface area contributed by atoms with Gasteiger partial charge in [-0.3, -0.25) is 3.53 Å². The van der Waals surface area contributed by atoms with Gasteiger partial charge in [0.1, 0.15) is 0 Å². The highest BCUT2D eigenvalue weighted by molar-refractivity contribution is 14.1. The van der Waals surface area contributed by atoms with E-state index in [4.69, 9.17) is 0 Å². The van der Waals surface area contributed by atoms with E-state index >= 15 is 0 Å². The Morgan fingerprint density at radius 1 is 1.40 bits per heavy atom. The van der Waals surface area contributed by atoms with Crippen LogP contribution >= 0.6 is 22.9 Å². The molecule has 0 fully saturated rings. The van der Waals surface area contributed by atoms with E-state index in [-0.39, 0.29) is 0 Å². The van der Waals surface area contributed by atoms with Gasteiger partial charge in [0.15, 0.2) is 0 Å². The molecule has 0 aromatic rings. The van der Waals surface area contributed by atoms with E-state index in [0.29, 0.717) is 0 Å². The number of halogens is 1. The first-order chi connectivity index (χ1) is 4.81. The minimum atomic E-state index is 1.08.